The first kappa shape index (κ1) is 11.9. The van der Waals surface area contributed by atoms with Gasteiger partial charge in [0.25, 0.3) is 0 Å². The van der Waals surface area contributed by atoms with Crippen molar-refractivity contribution in [3.8, 4) is 0 Å². The van der Waals surface area contributed by atoms with E-state index in [4.69, 9.17) is 0 Å². The molecule has 1 N–H and O–H groups in total. The van der Waals surface area contributed by atoms with Gasteiger partial charge in [-0.15, -0.1) is 0 Å². The molecule has 0 radical (unpaired) electrons. The van der Waals surface area contributed by atoms with Crippen molar-refractivity contribution in [1.82, 2.24) is 10.2 Å². The Balaban J connectivity index is 1.83. The molecule has 16 heavy (non-hydrogen) atoms. The molecular weight excluding hydrogens is 200 g/mol. The van der Waals surface area contributed by atoms with Crippen molar-refractivity contribution in [2.75, 3.05) is 20.1 Å². The van der Waals surface area contributed by atoms with Crippen LogP contribution in [-0.4, -0.2) is 37.0 Å². The lowest BCUT2D eigenvalue weighted by Gasteiger charge is -2.26. The summed E-state index contributed by atoms with van der Waals surface area (Å²) in [6.45, 7) is 4.23. The number of nitrogens with zero attached hydrogens (tertiary/aromatic N) is 1. The Morgan fingerprint density at radius 1 is 1.31 bits per heavy atom. The number of carbonyl (C=O) groups excluding carboxylic acids is 1. The molecule has 1 heterocycles. The predicted octanol–water partition coefficient (Wildman–Crippen LogP) is 1.63. The minimum atomic E-state index is 0.298. The third-order valence-corrected chi connectivity index (χ3v) is 4.21. The summed E-state index contributed by atoms with van der Waals surface area (Å²) >= 11 is 0. The molecule has 1 saturated heterocycles. The molecule has 92 valence electrons. The van der Waals surface area contributed by atoms with E-state index < -0.39 is 0 Å². The lowest BCUT2D eigenvalue weighted by atomic mass is 9.96. The third-order valence-electron chi connectivity index (χ3n) is 4.21. The molecule has 0 bridgehead atoms. The van der Waals surface area contributed by atoms with Crippen molar-refractivity contribution in [3.05, 3.63) is 0 Å². The average molecular weight is 224 g/mol. The quantitative estimate of drug-likeness (QED) is 0.790. The SMILES string of the molecule is CC1CCCC1C(=O)N(C)CC1CCCN1. The molecule has 0 spiro atoms. The maximum Gasteiger partial charge on any atom is 0.225 e. The van der Waals surface area contributed by atoms with Gasteiger partial charge in [-0.3, -0.25) is 4.79 Å². The van der Waals surface area contributed by atoms with Gasteiger partial charge in [0.2, 0.25) is 5.91 Å². The number of rotatable bonds is 3. The maximum absolute atomic E-state index is 12.2. The lowest BCUT2D eigenvalue weighted by Crippen LogP contribution is -2.41. The van der Waals surface area contributed by atoms with Gasteiger partial charge >= 0.3 is 0 Å². The van der Waals surface area contributed by atoms with Crippen molar-refractivity contribution < 1.29 is 4.79 Å². The second-order valence-corrected chi connectivity index (χ2v) is 5.53. The summed E-state index contributed by atoms with van der Waals surface area (Å²) in [5.41, 5.74) is 0. The van der Waals surface area contributed by atoms with Crippen LogP contribution in [0.5, 0.6) is 0 Å². The minimum absolute atomic E-state index is 0.298. The highest BCUT2D eigenvalue weighted by Crippen LogP contribution is 2.32. The van der Waals surface area contributed by atoms with Crippen molar-refractivity contribution in [2.24, 2.45) is 11.8 Å². The Morgan fingerprint density at radius 3 is 2.69 bits per heavy atom. The fraction of sp³-hybridized carbons (Fsp3) is 0.923. The van der Waals surface area contributed by atoms with Gasteiger partial charge < -0.3 is 10.2 Å². The molecule has 2 aliphatic rings. The van der Waals surface area contributed by atoms with Crippen molar-refractivity contribution in [3.63, 3.8) is 0 Å². The molecule has 3 heteroatoms. The summed E-state index contributed by atoms with van der Waals surface area (Å²) in [5, 5.41) is 3.45. The first-order valence-electron chi connectivity index (χ1n) is 6.67. The van der Waals surface area contributed by atoms with E-state index in [-0.39, 0.29) is 0 Å². The lowest BCUT2D eigenvalue weighted by molar-refractivity contribution is -0.135. The van der Waals surface area contributed by atoms with E-state index in [1.807, 2.05) is 11.9 Å². The molecule has 0 aromatic rings. The van der Waals surface area contributed by atoms with E-state index in [2.05, 4.69) is 12.2 Å². The van der Waals surface area contributed by atoms with Crippen molar-refractivity contribution in [2.45, 2.75) is 45.1 Å². The van der Waals surface area contributed by atoms with Crippen LogP contribution in [0, 0.1) is 11.8 Å². The standard InChI is InChI=1S/C13H24N2O/c1-10-5-3-7-12(10)13(16)15(2)9-11-6-4-8-14-11/h10-12,14H,3-9H2,1-2H3. The average Bonchev–Trinajstić information content (AvgIpc) is 2.88. The molecule has 3 atom stereocenters. The van der Waals surface area contributed by atoms with Crippen LogP contribution < -0.4 is 5.32 Å². The van der Waals surface area contributed by atoms with E-state index in [9.17, 15) is 4.79 Å². The number of hydrogen-bond donors (Lipinski definition) is 1. The number of likely N-dealkylation sites (N-methyl/N-ethyl adjacent to an activating group) is 1. The molecule has 2 fully saturated rings. The van der Waals surface area contributed by atoms with Gasteiger partial charge in [0, 0.05) is 25.6 Å². The van der Waals surface area contributed by atoms with Crippen LogP contribution in [0.1, 0.15) is 39.0 Å². The van der Waals surface area contributed by atoms with Crippen molar-refractivity contribution >= 4 is 5.91 Å². The molecule has 3 nitrogen and oxygen atoms in total. The third kappa shape index (κ3) is 2.57. The van der Waals surface area contributed by atoms with Gasteiger partial charge in [-0.1, -0.05) is 13.3 Å². The van der Waals surface area contributed by atoms with E-state index in [0.29, 0.717) is 23.8 Å². The Kier molecular flexibility index (Phi) is 3.85. The van der Waals surface area contributed by atoms with Crippen LogP contribution in [0.2, 0.25) is 0 Å². The van der Waals surface area contributed by atoms with Crippen LogP contribution in [-0.2, 0) is 4.79 Å². The number of amides is 1. The van der Waals surface area contributed by atoms with Gasteiger partial charge in [0.1, 0.15) is 0 Å². The number of nitrogens with one attached hydrogen (secondary N) is 1. The molecule has 1 saturated carbocycles. The highest BCUT2D eigenvalue weighted by Gasteiger charge is 2.32. The zero-order valence-corrected chi connectivity index (χ0v) is 10.5. The van der Waals surface area contributed by atoms with E-state index >= 15 is 0 Å². The van der Waals surface area contributed by atoms with Crippen LogP contribution in [0.3, 0.4) is 0 Å². The van der Waals surface area contributed by atoms with E-state index in [1.165, 1.54) is 25.7 Å². The Labute approximate surface area is 98.6 Å². The van der Waals surface area contributed by atoms with Crippen LogP contribution in [0.4, 0.5) is 0 Å². The number of carbonyl (C=O) groups is 1. The van der Waals surface area contributed by atoms with Gasteiger partial charge in [-0.05, 0) is 38.1 Å². The fourth-order valence-electron chi connectivity index (χ4n) is 3.13. The predicted molar refractivity (Wildman–Crippen MR) is 65.2 cm³/mol. The molecular formula is C13H24N2O. The zero-order chi connectivity index (χ0) is 11.5. The van der Waals surface area contributed by atoms with Gasteiger partial charge in [-0.2, -0.15) is 0 Å². The van der Waals surface area contributed by atoms with Crippen LogP contribution >= 0.6 is 0 Å². The summed E-state index contributed by atoms with van der Waals surface area (Å²) in [5.74, 6) is 1.26. The highest BCUT2D eigenvalue weighted by molar-refractivity contribution is 5.79. The number of hydrogen-bond acceptors (Lipinski definition) is 2. The monoisotopic (exact) mass is 224 g/mol. The smallest absolute Gasteiger partial charge is 0.225 e. The second-order valence-electron chi connectivity index (χ2n) is 5.53. The fourth-order valence-corrected chi connectivity index (χ4v) is 3.13. The molecule has 0 aromatic heterocycles. The second kappa shape index (κ2) is 5.17. The highest BCUT2D eigenvalue weighted by atomic mass is 16.2. The molecule has 3 unspecified atom stereocenters. The Hall–Kier alpha value is -0.570. The normalized spacial score (nSPS) is 34.2. The first-order valence-corrected chi connectivity index (χ1v) is 6.67. The first-order chi connectivity index (χ1) is 7.68. The minimum Gasteiger partial charge on any atom is -0.344 e. The van der Waals surface area contributed by atoms with Gasteiger partial charge in [0.15, 0.2) is 0 Å². The molecule has 1 amide bonds. The summed E-state index contributed by atoms with van der Waals surface area (Å²) in [4.78, 5) is 14.2. The molecule has 1 aliphatic carbocycles. The topological polar surface area (TPSA) is 32.3 Å². The zero-order valence-electron chi connectivity index (χ0n) is 10.5. The van der Waals surface area contributed by atoms with Crippen molar-refractivity contribution in [1.29, 1.82) is 0 Å². The van der Waals surface area contributed by atoms with E-state index in [0.717, 1.165) is 19.5 Å². The van der Waals surface area contributed by atoms with Crippen LogP contribution in [0.15, 0.2) is 0 Å². The molecule has 1 aliphatic heterocycles. The largest absolute Gasteiger partial charge is 0.344 e. The summed E-state index contributed by atoms with van der Waals surface area (Å²) < 4.78 is 0. The molecule has 0 aromatic carbocycles. The van der Waals surface area contributed by atoms with Crippen LogP contribution in [0.25, 0.3) is 0 Å². The van der Waals surface area contributed by atoms with Gasteiger partial charge in [0.05, 0.1) is 0 Å². The maximum atomic E-state index is 12.2. The van der Waals surface area contributed by atoms with E-state index in [1.54, 1.807) is 0 Å². The van der Waals surface area contributed by atoms with Gasteiger partial charge in [-0.25, -0.2) is 0 Å². The summed E-state index contributed by atoms with van der Waals surface area (Å²) in [6.07, 6.45) is 6.03. The summed E-state index contributed by atoms with van der Waals surface area (Å²) in [6, 6.07) is 0.533. The Morgan fingerprint density at radius 2 is 2.12 bits per heavy atom. The molecule has 2 rings (SSSR count). The Bertz CT molecular complexity index is 248. The summed E-state index contributed by atoms with van der Waals surface area (Å²) in [7, 11) is 1.97.